The molecule has 21 heavy (non-hydrogen) atoms. The Morgan fingerprint density at radius 2 is 1.48 bits per heavy atom. The number of carbonyl (C=O) groups is 1. The van der Waals surface area contributed by atoms with Gasteiger partial charge in [0.05, 0.1) is 12.2 Å². The number of esters is 1. The summed E-state index contributed by atoms with van der Waals surface area (Å²) in [5.74, 6) is -1.61. The number of hydrogen-bond acceptors (Lipinski definition) is 5. The van der Waals surface area contributed by atoms with Crippen LogP contribution in [0.5, 0.6) is 0 Å². The maximum atomic E-state index is 13.1. The number of rotatable bonds is 7. The van der Waals surface area contributed by atoms with Crippen LogP contribution in [0.15, 0.2) is 30.3 Å². The molecule has 118 valence electrons. The van der Waals surface area contributed by atoms with Crippen LogP contribution in [0.4, 0.5) is 0 Å². The highest BCUT2D eigenvalue weighted by molar-refractivity contribution is 7.54. The van der Waals surface area contributed by atoms with Gasteiger partial charge in [-0.15, -0.1) is 0 Å². The van der Waals surface area contributed by atoms with E-state index in [0.29, 0.717) is 5.56 Å². The second-order valence-electron chi connectivity index (χ2n) is 5.22. The van der Waals surface area contributed by atoms with Crippen molar-refractivity contribution in [2.75, 3.05) is 0 Å². The molecule has 0 amide bonds. The van der Waals surface area contributed by atoms with Crippen LogP contribution in [-0.2, 0) is 23.1 Å². The SMILES string of the molecule is CC(=O)OC(c1ccccc1)P(=O)(OC(C)C)OC(C)C. The molecule has 1 unspecified atom stereocenters. The van der Waals surface area contributed by atoms with E-state index >= 15 is 0 Å². The molecule has 0 fully saturated rings. The van der Waals surface area contributed by atoms with E-state index in [-0.39, 0.29) is 12.2 Å². The first kappa shape index (κ1) is 17.9. The number of hydrogen-bond donors (Lipinski definition) is 0. The smallest absolute Gasteiger partial charge is 0.376 e. The van der Waals surface area contributed by atoms with E-state index in [1.54, 1.807) is 52.0 Å². The molecule has 0 bridgehead atoms. The van der Waals surface area contributed by atoms with Crippen molar-refractivity contribution in [1.82, 2.24) is 0 Å². The van der Waals surface area contributed by atoms with Gasteiger partial charge in [-0.25, -0.2) is 0 Å². The van der Waals surface area contributed by atoms with Gasteiger partial charge in [0.1, 0.15) is 0 Å². The van der Waals surface area contributed by atoms with Crippen molar-refractivity contribution in [2.24, 2.45) is 0 Å². The first-order chi connectivity index (χ1) is 9.74. The Morgan fingerprint density at radius 1 is 1.00 bits per heavy atom. The maximum absolute atomic E-state index is 13.1. The van der Waals surface area contributed by atoms with Crippen LogP contribution in [0, 0.1) is 0 Å². The van der Waals surface area contributed by atoms with E-state index < -0.39 is 19.4 Å². The molecule has 0 spiro atoms. The van der Waals surface area contributed by atoms with Crippen LogP contribution >= 0.6 is 7.60 Å². The first-order valence-electron chi connectivity index (χ1n) is 6.93. The van der Waals surface area contributed by atoms with E-state index in [0.717, 1.165) is 0 Å². The summed E-state index contributed by atoms with van der Waals surface area (Å²) in [7, 11) is -3.66. The summed E-state index contributed by atoms with van der Waals surface area (Å²) in [5.41, 5.74) is 0.581. The summed E-state index contributed by atoms with van der Waals surface area (Å²) in [4.78, 5) is 11.4. The van der Waals surface area contributed by atoms with Gasteiger partial charge in [0, 0.05) is 12.5 Å². The summed E-state index contributed by atoms with van der Waals surface area (Å²) in [5, 5.41) is 0. The lowest BCUT2D eigenvalue weighted by Crippen LogP contribution is -2.17. The Labute approximate surface area is 126 Å². The summed E-state index contributed by atoms with van der Waals surface area (Å²) >= 11 is 0. The van der Waals surface area contributed by atoms with Crippen molar-refractivity contribution >= 4 is 13.6 Å². The van der Waals surface area contributed by atoms with E-state index in [1.165, 1.54) is 6.92 Å². The van der Waals surface area contributed by atoms with Crippen LogP contribution in [0.3, 0.4) is 0 Å². The van der Waals surface area contributed by atoms with Crippen molar-refractivity contribution in [1.29, 1.82) is 0 Å². The Kier molecular flexibility index (Phi) is 6.59. The van der Waals surface area contributed by atoms with E-state index in [1.807, 2.05) is 6.07 Å². The fraction of sp³-hybridized carbons (Fsp3) is 0.533. The van der Waals surface area contributed by atoms with Crippen molar-refractivity contribution in [2.45, 2.75) is 52.7 Å². The van der Waals surface area contributed by atoms with Crippen LogP contribution in [-0.4, -0.2) is 18.2 Å². The topological polar surface area (TPSA) is 61.8 Å². The molecule has 0 aromatic heterocycles. The van der Waals surface area contributed by atoms with Gasteiger partial charge < -0.3 is 13.8 Å². The first-order valence-corrected chi connectivity index (χ1v) is 8.54. The van der Waals surface area contributed by atoms with Gasteiger partial charge in [0.15, 0.2) is 0 Å². The van der Waals surface area contributed by atoms with Crippen LogP contribution in [0.25, 0.3) is 0 Å². The third-order valence-corrected chi connectivity index (χ3v) is 4.77. The quantitative estimate of drug-likeness (QED) is 0.555. The van der Waals surface area contributed by atoms with Crippen LogP contribution in [0.2, 0.25) is 0 Å². The Bertz CT molecular complexity index is 484. The molecule has 1 aromatic carbocycles. The lowest BCUT2D eigenvalue weighted by atomic mass is 10.2. The van der Waals surface area contributed by atoms with Crippen LogP contribution in [0.1, 0.15) is 46.0 Å². The Balaban J connectivity index is 3.23. The lowest BCUT2D eigenvalue weighted by molar-refractivity contribution is -0.144. The molecule has 0 aliphatic rings. The van der Waals surface area contributed by atoms with Gasteiger partial charge in [-0.3, -0.25) is 9.36 Å². The van der Waals surface area contributed by atoms with E-state index in [9.17, 15) is 9.36 Å². The van der Waals surface area contributed by atoms with E-state index in [4.69, 9.17) is 13.8 Å². The van der Waals surface area contributed by atoms with Crippen molar-refractivity contribution < 1.29 is 23.1 Å². The molecule has 0 aliphatic heterocycles. The van der Waals surface area contributed by atoms with Crippen molar-refractivity contribution in [3.63, 3.8) is 0 Å². The van der Waals surface area contributed by atoms with Gasteiger partial charge in [-0.2, -0.15) is 0 Å². The predicted molar refractivity (Wildman–Crippen MR) is 81.0 cm³/mol. The maximum Gasteiger partial charge on any atom is 0.376 e. The van der Waals surface area contributed by atoms with Gasteiger partial charge in [0.25, 0.3) is 0 Å². The second kappa shape index (κ2) is 7.74. The third-order valence-electron chi connectivity index (χ3n) is 2.37. The zero-order valence-electron chi connectivity index (χ0n) is 13.1. The second-order valence-corrected chi connectivity index (χ2v) is 7.19. The highest BCUT2D eigenvalue weighted by Gasteiger charge is 2.41. The number of benzene rings is 1. The molecule has 6 heteroatoms. The predicted octanol–water partition coefficient (Wildman–Crippen LogP) is 4.29. The molecule has 1 atom stereocenters. The standard InChI is InChI=1S/C15H23O5P/c1-11(2)19-21(17,20-12(3)4)15(18-13(5)16)14-9-7-6-8-10-14/h6-12,15H,1-5H3. The monoisotopic (exact) mass is 314 g/mol. The Morgan fingerprint density at radius 3 is 1.86 bits per heavy atom. The highest BCUT2D eigenvalue weighted by atomic mass is 31.2. The van der Waals surface area contributed by atoms with Crippen molar-refractivity contribution in [3.05, 3.63) is 35.9 Å². The van der Waals surface area contributed by atoms with Gasteiger partial charge in [-0.1, -0.05) is 30.3 Å². The molecule has 5 nitrogen and oxygen atoms in total. The summed E-state index contributed by atoms with van der Waals surface area (Å²) in [6, 6.07) is 8.84. The zero-order valence-corrected chi connectivity index (χ0v) is 14.0. The molecule has 0 radical (unpaired) electrons. The fourth-order valence-corrected chi connectivity index (χ4v) is 4.07. The minimum Gasteiger partial charge on any atom is -0.445 e. The fourth-order valence-electron chi connectivity index (χ4n) is 1.81. The molecule has 0 aliphatic carbocycles. The summed E-state index contributed by atoms with van der Waals surface area (Å²) in [6.07, 6.45) is -0.646. The molecule has 0 saturated heterocycles. The number of carbonyl (C=O) groups excluding carboxylic acids is 1. The average molecular weight is 314 g/mol. The third kappa shape index (κ3) is 5.62. The summed E-state index contributed by atoms with van der Waals surface area (Å²) in [6.45, 7) is 8.29. The summed E-state index contributed by atoms with van der Waals surface area (Å²) < 4.78 is 29.4. The van der Waals surface area contributed by atoms with Gasteiger partial charge in [-0.05, 0) is 27.7 Å². The molecule has 1 aromatic rings. The molecular formula is C15H23O5P. The minimum atomic E-state index is -3.66. The Hall–Kier alpha value is -1.16. The zero-order chi connectivity index (χ0) is 16.0. The average Bonchev–Trinajstić information content (AvgIpc) is 2.34. The molecule has 0 heterocycles. The molecular weight excluding hydrogens is 291 g/mol. The largest absolute Gasteiger partial charge is 0.445 e. The minimum absolute atomic E-state index is 0.323. The lowest BCUT2D eigenvalue weighted by Gasteiger charge is -2.29. The van der Waals surface area contributed by atoms with Crippen molar-refractivity contribution in [3.8, 4) is 0 Å². The van der Waals surface area contributed by atoms with Gasteiger partial charge >= 0.3 is 13.6 Å². The van der Waals surface area contributed by atoms with Crippen LogP contribution < -0.4 is 0 Å². The molecule has 1 rings (SSSR count). The highest BCUT2D eigenvalue weighted by Crippen LogP contribution is 2.62. The van der Waals surface area contributed by atoms with Gasteiger partial charge in [0.2, 0.25) is 5.85 Å². The molecule has 0 N–H and O–H groups in total. The normalized spacial score (nSPS) is 13.5. The molecule has 0 saturated carbocycles. The van der Waals surface area contributed by atoms with E-state index in [2.05, 4.69) is 0 Å². The number of ether oxygens (including phenoxy) is 1.